The van der Waals surface area contributed by atoms with E-state index in [0.29, 0.717) is 95.9 Å². The molecule has 3 aromatic carbocycles. The topological polar surface area (TPSA) is 209 Å². The Kier molecular flexibility index (Phi) is 14.7. The van der Waals surface area contributed by atoms with Crippen molar-refractivity contribution in [2.75, 3.05) is 54.2 Å². The molecule has 0 radical (unpaired) electrons. The van der Waals surface area contributed by atoms with E-state index in [9.17, 15) is 43.2 Å². The van der Waals surface area contributed by atoms with Crippen LogP contribution < -0.4 is 23.7 Å². The number of allylic oxidation sites excluding steroid dienone is 2. The van der Waals surface area contributed by atoms with E-state index in [2.05, 4.69) is 0 Å². The van der Waals surface area contributed by atoms with E-state index in [1.165, 1.54) is 28.9 Å². The molecule has 0 N–H and O–H groups in total. The average molecular weight is 906 g/mol. The lowest BCUT2D eigenvalue weighted by atomic mass is 9.85. The fraction of sp³-hybridized carbons (Fsp3) is 0.408. The van der Waals surface area contributed by atoms with Gasteiger partial charge in [0.05, 0.1) is 58.1 Å². The van der Waals surface area contributed by atoms with Crippen molar-refractivity contribution < 1.29 is 66.8 Å². The maximum atomic E-state index is 12.4. The zero-order valence-corrected chi connectivity index (χ0v) is 36.9. The number of benzene rings is 3. The fourth-order valence-electron chi connectivity index (χ4n) is 8.81. The molecule has 346 valence electrons. The number of amides is 6. The summed E-state index contributed by atoms with van der Waals surface area (Å²) in [5, 5.41) is 0. The van der Waals surface area contributed by atoms with E-state index >= 15 is 0 Å². The van der Waals surface area contributed by atoms with Crippen molar-refractivity contribution >= 4 is 54.3 Å². The van der Waals surface area contributed by atoms with Crippen LogP contribution in [0.2, 0.25) is 0 Å². The maximum Gasteiger partial charge on any atom is 0.233 e. The number of likely N-dealkylation sites (tertiary alicyclic amines) is 3. The van der Waals surface area contributed by atoms with Gasteiger partial charge in [0.25, 0.3) is 0 Å². The maximum absolute atomic E-state index is 12.4. The number of methoxy groups -OCH3 is 3. The van der Waals surface area contributed by atoms with Crippen LogP contribution in [0.15, 0.2) is 66.7 Å². The standard InChI is InChI=1S/C18H19NO5.C16H17NO4.C15H15NO5/c1-23-16-10-12(11-20)6-7-15(16)24-9-8-19-17(21)13-4-2-3-5-14(13)18(19)22;1-21-14-6-10(9-18)2-3-12(14)13-7-11(13)8-17-15(19)4-5-16(17)20;1-20-13-6-9(8-17)2-3-12(13)21-5-4-16-14(18)10-7-11(10)15(16)19/h2-3,6-7,10-11,13-14H,4-5,8-9H2,1H3;2-3,6,9,11,13H,4-5,7-8H2,1H3;2-3,6,8,10-11H,4-5,7H2,1H3/t13-,14+;;. The number of piperidine rings is 1. The van der Waals surface area contributed by atoms with E-state index in [0.717, 1.165) is 30.8 Å². The van der Waals surface area contributed by atoms with Gasteiger partial charge in [-0.3, -0.25) is 57.9 Å². The van der Waals surface area contributed by atoms with Gasteiger partial charge in [0, 0.05) is 36.1 Å². The van der Waals surface area contributed by atoms with Gasteiger partial charge >= 0.3 is 0 Å². The minimum absolute atomic E-state index is 0.0612. The summed E-state index contributed by atoms with van der Waals surface area (Å²) in [5.74, 6) is 2.01. The van der Waals surface area contributed by atoms with Gasteiger partial charge in [-0.15, -0.1) is 0 Å². The Hall–Kier alpha value is -7.17. The van der Waals surface area contributed by atoms with E-state index < -0.39 is 0 Å². The summed E-state index contributed by atoms with van der Waals surface area (Å²) >= 11 is 0. The molecular formula is C49H51N3O14. The van der Waals surface area contributed by atoms with Crippen LogP contribution in [0.25, 0.3) is 0 Å². The molecular weight excluding hydrogens is 855 g/mol. The summed E-state index contributed by atoms with van der Waals surface area (Å²) in [6.07, 6.45) is 9.76. The molecule has 0 spiro atoms. The second-order valence-corrected chi connectivity index (χ2v) is 16.6. The number of fused-ring (bicyclic) bond motifs is 2. The van der Waals surface area contributed by atoms with E-state index in [-0.39, 0.29) is 85.4 Å². The molecule has 66 heavy (non-hydrogen) atoms. The molecule has 3 aliphatic carbocycles. The highest BCUT2D eigenvalue weighted by molar-refractivity contribution is 6.09. The summed E-state index contributed by atoms with van der Waals surface area (Å²) in [4.78, 5) is 108. The third kappa shape index (κ3) is 10.2. The van der Waals surface area contributed by atoms with Gasteiger partial charge in [-0.2, -0.15) is 0 Å². The Morgan fingerprint density at radius 3 is 1.36 bits per heavy atom. The molecule has 3 heterocycles. The lowest BCUT2D eigenvalue weighted by molar-refractivity contribution is -0.142. The normalized spacial score (nSPS) is 23.2. The van der Waals surface area contributed by atoms with Gasteiger partial charge < -0.3 is 23.7 Å². The minimum atomic E-state index is -0.219. The van der Waals surface area contributed by atoms with Gasteiger partial charge in [0.2, 0.25) is 35.4 Å². The Morgan fingerprint density at radius 2 is 0.924 bits per heavy atom. The monoisotopic (exact) mass is 905 g/mol. The Labute approximate surface area is 380 Å². The number of rotatable bonds is 17. The summed E-state index contributed by atoms with van der Waals surface area (Å²) in [5.41, 5.74) is 2.61. The number of hydrogen-bond acceptors (Lipinski definition) is 14. The molecule has 0 bridgehead atoms. The van der Waals surface area contributed by atoms with Gasteiger partial charge in [-0.25, -0.2) is 0 Å². The lowest BCUT2D eigenvalue weighted by Crippen LogP contribution is -2.36. The van der Waals surface area contributed by atoms with Gasteiger partial charge in [0.1, 0.15) is 37.8 Å². The number of carbonyl (C=O) groups excluding carboxylic acids is 9. The van der Waals surface area contributed by atoms with Crippen LogP contribution in [0.1, 0.15) is 81.1 Å². The Bertz CT molecular complexity index is 2390. The highest BCUT2D eigenvalue weighted by Gasteiger charge is 2.58. The number of nitrogens with zero attached hydrogens (tertiary/aromatic N) is 3. The van der Waals surface area contributed by atoms with Crippen molar-refractivity contribution in [3.05, 3.63) is 89.0 Å². The lowest BCUT2D eigenvalue weighted by Gasteiger charge is -2.17. The summed E-state index contributed by atoms with van der Waals surface area (Å²) < 4.78 is 26.9. The van der Waals surface area contributed by atoms with Gasteiger partial charge in [0.15, 0.2) is 23.0 Å². The second-order valence-electron chi connectivity index (χ2n) is 16.6. The first-order valence-corrected chi connectivity index (χ1v) is 21.8. The molecule has 2 saturated carbocycles. The van der Waals surface area contributed by atoms with E-state index in [1.54, 1.807) is 55.6 Å². The van der Waals surface area contributed by atoms with Crippen LogP contribution in [-0.4, -0.2) is 123 Å². The number of carbonyl (C=O) groups is 9. The molecule has 6 amide bonds. The predicted octanol–water partition coefficient (Wildman–Crippen LogP) is 4.49. The molecule has 6 aliphatic rings. The number of ether oxygens (including phenoxy) is 5. The minimum Gasteiger partial charge on any atom is -0.496 e. The fourth-order valence-corrected chi connectivity index (χ4v) is 8.81. The molecule has 9 rings (SSSR count). The Balaban J connectivity index is 0.000000148. The number of aldehydes is 3. The molecule has 3 aliphatic heterocycles. The highest BCUT2D eigenvalue weighted by atomic mass is 16.5. The quantitative estimate of drug-likeness (QED) is 0.104. The van der Waals surface area contributed by atoms with E-state index in [4.69, 9.17) is 23.7 Å². The summed E-state index contributed by atoms with van der Waals surface area (Å²) in [7, 11) is 4.55. The largest absolute Gasteiger partial charge is 0.496 e. The van der Waals surface area contributed by atoms with Crippen LogP contribution in [0.4, 0.5) is 0 Å². The number of imide groups is 3. The number of hydrogen-bond donors (Lipinski definition) is 0. The summed E-state index contributed by atoms with van der Waals surface area (Å²) in [6.45, 7) is 1.34. The highest BCUT2D eigenvalue weighted by Crippen LogP contribution is 2.51. The first-order chi connectivity index (χ1) is 31.9. The smallest absolute Gasteiger partial charge is 0.233 e. The molecule has 0 aromatic heterocycles. The molecule has 5 fully saturated rings. The van der Waals surface area contributed by atoms with E-state index in [1.807, 2.05) is 18.2 Å². The van der Waals surface area contributed by atoms with Crippen molar-refractivity contribution in [1.29, 1.82) is 0 Å². The molecule has 17 nitrogen and oxygen atoms in total. The predicted molar refractivity (Wildman–Crippen MR) is 233 cm³/mol. The molecule has 17 heteroatoms. The van der Waals surface area contributed by atoms with Crippen molar-refractivity contribution in [3.63, 3.8) is 0 Å². The van der Waals surface area contributed by atoms with Crippen molar-refractivity contribution in [3.8, 4) is 28.7 Å². The summed E-state index contributed by atoms with van der Waals surface area (Å²) in [6, 6.07) is 15.1. The molecule has 6 atom stereocenters. The van der Waals surface area contributed by atoms with Crippen LogP contribution in [0.3, 0.4) is 0 Å². The molecule has 4 unspecified atom stereocenters. The third-order valence-electron chi connectivity index (χ3n) is 12.6. The second kappa shape index (κ2) is 20.8. The van der Waals surface area contributed by atoms with Crippen molar-refractivity contribution in [2.45, 2.75) is 44.4 Å². The van der Waals surface area contributed by atoms with Crippen molar-refractivity contribution in [1.82, 2.24) is 14.7 Å². The molecule has 3 saturated heterocycles. The molecule has 3 aromatic rings. The van der Waals surface area contributed by atoms with Crippen LogP contribution >= 0.6 is 0 Å². The zero-order valence-electron chi connectivity index (χ0n) is 36.9. The van der Waals surface area contributed by atoms with Crippen LogP contribution in [0, 0.1) is 29.6 Å². The van der Waals surface area contributed by atoms with Gasteiger partial charge in [-0.05, 0) is 85.5 Å². The first-order valence-electron chi connectivity index (χ1n) is 21.8. The Morgan fingerprint density at radius 1 is 0.500 bits per heavy atom. The first kappa shape index (κ1) is 46.8. The average Bonchev–Trinajstić information content (AvgIpc) is 4.26. The SMILES string of the molecule is COc1cc(C=O)ccc1C1CC1CN1C(=O)CCC1=O.COc1cc(C=O)ccc1OCCN1C(=O)C2CC2C1=O.COc1cc(C=O)ccc1OCCN1C(=O)[C@H]2CC=CC[C@H]2C1=O. The van der Waals surface area contributed by atoms with Crippen LogP contribution in [0.5, 0.6) is 28.7 Å². The van der Waals surface area contributed by atoms with Crippen molar-refractivity contribution in [2.24, 2.45) is 29.6 Å². The van der Waals surface area contributed by atoms with Crippen LogP contribution in [-0.2, 0) is 28.8 Å². The zero-order chi connectivity index (χ0) is 47.1. The third-order valence-corrected chi connectivity index (χ3v) is 12.6. The van der Waals surface area contributed by atoms with Gasteiger partial charge in [-0.1, -0.05) is 24.3 Å².